The lowest BCUT2D eigenvalue weighted by atomic mass is 9.83. The van der Waals surface area contributed by atoms with Crippen molar-refractivity contribution in [3.05, 3.63) is 36.0 Å². The summed E-state index contributed by atoms with van der Waals surface area (Å²) in [6.45, 7) is 2.58. The average molecular weight is 411 g/mol. The van der Waals surface area contributed by atoms with Gasteiger partial charge in [0.1, 0.15) is 6.04 Å². The molecule has 30 heavy (non-hydrogen) atoms. The number of likely N-dealkylation sites (tertiary alicyclic amines) is 1. The van der Waals surface area contributed by atoms with Gasteiger partial charge in [-0.1, -0.05) is 37.5 Å². The molecule has 0 bridgehead atoms. The van der Waals surface area contributed by atoms with Crippen molar-refractivity contribution in [3.63, 3.8) is 0 Å². The summed E-state index contributed by atoms with van der Waals surface area (Å²) in [5.74, 6) is 0.214. The Balaban J connectivity index is 1.57. The molecule has 162 valence electrons. The Kier molecular flexibility index (Phi) is 6.42. The van der Waals surface area contributed by atoms with Crippen LogP contribution in [0.3, 0.4) is 0 Å². The molecule has 1 aromatic carbocycles. The fourth-order valence-electron chi connectivity index (χ4n) is 5.07. The molecule has 3 atom stereocenters. The van der Waals surface area contributed by atoms with Crippen LogP contribution in [0.25, 0.3) is 10.9 Å². The zero-order valence-electron chi connectivity index (χ0n) is 18.1. The lowest BCUT2D eigenvalue weighted by Crippen LogP contribution is -2.55. The number of amides is 2. The van der Waals surface area contributed by atoms with Crippen molar-refractivity contribution in [1.29, 1.82) is 0 Å². The number of aromatic nitrogens is 1. The molecule has 2 aliphatic rings. The predicted molar refractivity (Wildman–Crippen MR) is 119 cm³/mol. The fourth-order valence-corrected chi connectivity index (χ4v) is 5.07. The molecule has 1 saturated carbocycles. The van der Waals surface area contributed by atoms with Gasteiger partial charge in [0.25, 0.3) is 0 Å². The van der Waals surface area contributed by atoms with Crippen molar-refractivity contribution in [2.45, 2.75) is 70.0 Å². The van der Waals surface area contributed by atoms with Crippen LogP contribution in [0.1, 0.15) is 63.6 Å². The number of para-hydroxylation sites is 1. The highest BCUT2D eigenvalue weighted by molar-refractivity contribution is 5.90. The highest BCUT2D eigenvalue weighted by atomic mass is 16.2. The lowest BCUT2D eigenvalue weighted by Gasteiger charge is -2.35. The molecule has 2 amide bonds. The van der Waals surface area contributed by atoms with Gasteiger partial charge in [-0.05, 0) is 63.1 Å². The van der Waals surface area contributed by atoms with Gasteiger partial charge in [0, 0.05) is 17.8 Å². The zero-order chi connectivity index (χ0) is 21.1. The molecule has 1 saturated heterocycles. The number of nitrogens with one attached hydrogen (secondary N) is 3. The van der Waals surface area contributed by atoms with Gasteiger partial charge in [0.2, 0.25) is 11.8 Å². The lowest BCUT2D eigenvalue weighted by molar-refractivity contribution is -0.139. The van der Waals surface area contributed by atoms with E-state index >= 15 is 0 Å². The second-order valence-electron chi connectivity index (χ2n) is 8.90. The molecule has 0 unspecified atom stereocenters. The van der Waals surface area contributed by atoms with E-state index in [1.165, 1.54) is 11.8 Å². The zero-order valence-corrected chi connectivity index (χ0v) is 18.1. The van der Waals surface area contributed by atoms with Gasteiger partial charge in [-0.15, -0.1) is 0 Å². The Hall–Kier alpha value is -2.34. The van der Waals surface area contributed by atoms with Crippen LogP contribution in [0, 0.1) is 5.92 Å². The van der Waals surface area contributed by atoms with E-state index in [9.17, 15) is 9.59 Å². The molecular weight excluding hydrogens is 376 g/mol. The SMILES string of the molecule is CN[C@@H](C)C(=O)N[C@H](C(=O)N1CCC[C@@H]1c1cc2ccccc2[nH]1)C1CCCCC1. The summed E-state index contributed by atoms with van der Waals surface area (Å²) in [4.78, 5) is 32.0. The van der Waals surface area contributed by atoms with Crippen LogP contribution < -0.4 is 10.6 Å². The first-order valence-corrected chi connectivity index (χ1v) is 11.4. The number of carbonyl (C=O) groups excluding carboxylic acids is 2. The molecule has 1 aliphatic carbocycles. The monoisotopic (exact) mass is 410 g/mol. The Labute approximate surface area is 178 Å². The Bertz CT molecular complexity index is 853. The molecular formula is C24H34N4O2. The second-order valence-corrected chi connectivity index (χ2v) is 8.90. The Morgan fingerprint density at radius 1 is 1.10 bits per heavy atom. The number of nitrogens with zero attached hydrogens (tertiary/aromatic N) is 1. The molecule has 0 spiro atoms. The first-order chi connectivity index (χ1) is 14.6. The Morgan fingerprint density at radius 3 is 2.60 bits per heavy atom. The highest BCUT2D eigenvalue weighted by Crippen LogP contribution is 2.35. The topological polar surface area (TPSA) is 77.2 Å². The molecule has 1 aromatic heterocycles. The summed E-state index contributed by atoms with van der Waals surface area (Å²) in [7, 11) is 1.77. The third-order valence-corrected chi connectivity index (χ3v) is 6.96. The van der Waals surface area contributed by atoms with E-state index in [1.54, 1.807) is 7.05 Å². The van der Waals surface area contributed by atoms with E-state index in [-0.39, 0.29) is 29.8 Å². The van der Waals surface area contributed by atoms with Crippen LogP contribution in [0.4, 0.5) is 0 Å². The smallest absolute Gasteiger partial charge is 0.246 e. The largest absolute Gasteiger partial charge is 0.357 e. The number of aromatic amines is 1. The average Bonchev–Trinajstić information content (AvgIpc) is 3.43. The Morgan fingerprint density at radius 2 is 1.87 bits per heavy atom. The molecule has 3 N–H and O–H groups in total. The van der Waals surface area contributed by atoms with E-state index in [0.29, 0.717) is 0 Å². The maximum atomic E-state index is 13.8. The van der Waals surface area contributed by atoms with E-state index < -0.39 is 6.04 Å². The second kappa shape index (κ2) is 9.21. The van der Waals surface area contributed by atoms with Gasteiger partial charge in [-0.25, -0.2) is 0 Å². The van der Waals surface area contributed by atoms with Crippen LogP contribution in [0.2, 0.25) is 0 Å². The molecule has 0 radical (unpaired) electrons. The van der Waals surface area contributed by atoms with E-state index in [4.69, 9.17) is 0 Å². The number of hydrogen-bond donors (Lipinski definition) is 3. The first kappa shape index (κ1) is 20.9. The van der Waals surface area contributed by atoms with E-state index in [0.717, 1.165) is 56.3 Å². The summed E-state index contributed by atoms with van der Waals surface area (Å²) in [5, 5.41) is 7.27. The van der Waals surface area contributed by atoms with Crippen LogP contribution in [0.5, 0.6) is 0 Å². The fraction of sp³-hybridized carbons (Fsp3) is 0.583. The minimum Gasteiger partial charge on any atom is -0.357 e. The molecule has 2 heterocycles. The van der Waals surface area contributed by atoms with Crippen molar-refractivity contribution >= 4 is 22.7 Å². The van der Waals surface area contributed by atoms with Gasteiger partial charge in [-0.2, -0.15) is 0 Å². The van der Waals surface area contributed by atoms with Crippen molar-refractivity contribution in [1.82, 2.24) is 20.5 Å². The normalized spacial score (nSPS) is 22.2. The number of likely N-dealkylation sites (N-methyl/N-ethyl adjacent to an activating group) is 1. The standard InChI is InChI=1S/C24H34N4O2/c1-16(25-2)23(29)27-22(17-9-4-3-5-10-17)24(30)28-14-8-13-21(28)20-15-18-11-6-7-12-19(18)26-20/h6-7,11-12,15-17,21-22,25-26H,3-5,8-10,13-14H2,1-2H3,(H,27,29)/t16-,21+,22-/m0/s1. The number of carbonyl (C=O) groups is 2. The molecule has 6 heteroatoms. The summed E-state index contributed by atoms with van der Waals surface area (Å²) < 4.78 is 0. The first-order valence-electron chi connectivity index (χ1n) is 11.4. The van der Waals surface area contributed by atoms with Crippen LogP contribution in [0.15, 0.2) is 30.3 Å². The van der Waals surface area contributed by atoms with Crippen molar-refractivity contribution in [2.24, 2.45) is 5.92 Å². The predicted octanol–water partition coefficient (Wildman–Crippen LogP) is 3.50. The number of rotatable bonds is 6. The number of H-pyrrole nitrogens is 1. The summed E-state index contributed by atoms with van der Waals surface area (Å²) in [5.41, 5.74) is 2.20. The quantitative estimate of drug-likeness (QED) is 0.682. The third kappa shape index (κ3) is 4.24. The molecule has 2 fully saturated rings. The summed E-state index contributed by atoms with van der Waals surface area (Å²) >= 11 is 0. The van der Waals surface area contributed by atoms with Crippen LogP contribution >= 0.6 is 0 Å². The molecule has 4 rings (SSSR count). The summed E-state index contributed by atoms with van der Waals surface area (Å²) in [6.07, 6.45) is 7.46. The van der Waals surface area contributed by atoms with E-state index in [1.807, 2.05) is 24.0 Å². The van der Waals surface area contributed by atoms with Crippen LogP contribution in [-0.2, 0) is 9.59 Å². The van der Waals surface area contributed by atoms with Gasteiger partial charge in [0.05, 0.1) is 12.1 Å². The molecule has 1 aliphatic heterocycles. The van der Waals surface area contributed by atoms with Gasteiger partial charge >= 0.3 is 0 Å². The van der Waals surface area contributed by atoms with Gasteiger partial charge in [0.15, 0.2) is 0 Å². The van der Waals surface area contributed by atoms with Crippen molar-refractivity contribution in [3.8, 4) is 0 Å². The summed E-state index contributed by atoms with van der Waals surface area (Å²) in [6, 6.07) is 9.71. The molecule has 2 aromatic rings. The maximum absolute atomic E-state index is 13.8. The van der Waals surface area contributed by atoms with Crippen molar-refractivity contribution < 1.29 is 9.59 Å². The van der Waals surface area contributed by atoms with Crippen molar-refractivity contribution in [2.75, 3.05) is 13.6 Å². The molecule has 6 nitrogen and oxygen atoms in total. The minimum absolute atomic E-state index is 0.0506. The number of benzene rings is 1. The number of hydrogen-bond acceptors (Lipinski definition) is 3. The van der Waals surface area contributed by atoms with E-state index in [2.05, 4.69) is 33.8 Å². The number of fused-ring (bicyclic) bond motifs is 1. The minimum atomic E-state index is -0.432. The highest BCUT2D eigenvalue weighted by Gasteiger charge is 2.39. The maximum Gasteiger partial charge on any atom is 0.246 e. The third-order valence-electron chi connectivity index (χ3n) is 6.96. The van der Waals surface area contributed by atoms with Gasteiger partial charge in [-0.3, -0.25) is 9.59 Å². The van der Waals surface area contributed by atoms with Crippen LogP contribution in [-0.4, -0.2) is 47.4 Å². The van der Waals surface area contributed by atoms with Gasteiger partial charge < -0.3 is 20.5 Å².